The van der Waals surface area contributed by atoms with Crippen molar-refractivity contribution in [3.63, 3.8) is 0 Å². The Morgan fingerprint density at radius 2 is 1.90 bits per heavy atom. The SMILES string of the molecule is CCc1nn(CC)c(-c2ccc(C3(O)CCC(C(F)(F)F)CC3)cc2OC(F)F)c1Cl. The molecular weight excluding hydrogens is 443 g/mol. The van der Waals surface area contributed by atoms with Crippen LogP contribution in [0.4, 0.5) is 22.0 Å². The van der Waals surface area contributed by atoms with Gasteiger partial charge in [-0.25, -0.2) is 0 Å². The van der Waals surface area contributed by atoms with Gasteiger partial charge in [0.1, 0.15) is 5.75 Å². The predicted molar refractivity (Wildman–Crippen MR) is 106 cm³/mol. The van der Waals surface area contributed by atoms with Gasteiger partial charge in [0.2, 0.25) is 0 Å². The molecule has 1 aliphatic carbocycles. The lowest BCUT2D eigenvalue weighted by atomic mass is 9.75. The van der Waals surface area contributed by atoms with Crippen molar-refractivity contribution in [3.8, 4) is 17.0 Å². The lowest BCUT2D eigenvalue weighted by molar-refractivity contribution is -0.193. The van der Waals surface area contributed by atoms with Gasteiger partial charge in [-0.2, -0.15) is 27.1 Å². The topological polar surface area (TPSA) is 47.3 Å². The molecule has 31 heavy (non-hydrogen) atoms. The zero-order valence-corrected chi connectivity index (χ0v) is 17.9. The van der Waals surface area contributed by atoms with Crippen LogP contribution >= 0.6 is 11.6 Å². The van der Waals surface area contributed by atoms with Gasteiger partial charge in [0.15, 0.2) is 0 Å². The molecule has 10 heteroatoms. The van der Waals surface area contributed by atoms with Gasteiger partial charge in [0.05, 0.1) is 27.9 Å². The molecule has 1 fully saturated rings. The number of aryl methyl sites for hydroxylation is 2. The van der Waals surface area contributed by atoms with E-state index in [1.807, 2.05) is 13.8 Å². The Bertz CT molecular complexity index is 921. The maximum Gasteiger partial charge on any atom is 0.391 e. The fourth-order valence-electron chi connectivity index (χ4n) is 4.11. The van der Waals surface area contributed by atoms with Crippen molar-refractivity contribution >= 4 is 11.6 Å². The highest BCUT2D eigenvalue weighted by molar-refractivity contribution is 6.33. The number of hydrogen-bond acceptors (Lipinski definition) is 3. The molecule has 1 aromatic heterocycles. The van der Waals surface area contributed by atoms with E-state index in [0.717, 1.165) is 0 Å². The van der Waals surface area contributed by atoms with Gasteiger partial charge in [-0.1, -0.05) is 24.6 Å². The van der Waals surface area contributed by atoms with Crippen LogP contribution in [0.5, 0.6) is 5.75 Å². The highest BCUT2D eigenvalue weighted by Gasteiger charge is 2.46. The summed E-state index contributed by atoms with van der Waals surface area (Å²) >= 11 is 6.44. The van der Waals surface area contributed by atoms with Crippen LogP contribution in [0.1, 0.15) is 50.8 Å². The van der Waals surface area contributed by atoms with Gasteiger partial charge in [0.25, 0.3) is 0 Å². The van der Waals surface area contributed by atoms with Crippen LogP contribution < -0.4 is 4.74 Å². The van der Waals surface area contributed by atoms with E-state index in [-0.39, 0.29) is 42.6 Å². The summed E-state index contributed by atoms with van der Waals surface area (Å²) in [5.74, 6) is -1.69. The van der Waals surface area contributed by atoms with Crippen molar-refractivity contribution in [1.29, 1.82) is 0 Å². The zero-order valence-electron chi connectivity index (χ0n) is 17.1. The average Bonchev–Trinajstić information content (AvgIpc) is 3.02. The molecule has 3 rings (SSSR count). The number of hydrogen-bond donors (Lipinski definition) is 1. The number of ether oxygens (including phenoxy) is 1. The predicted octanol–water partition coefficient (Wildman–Crippen LogP) is 6.33. The first-order valence-electron chi connectivity index (χ1n) is 10.1. The van der Waals surface area contributed by atoms with Crippen molar-refractivity contribution < 1.29 is 31.8 Å². The maximum atomic E-state index is 13.2. The number of alkyl halides is 5. The van der Waals surface area contributed by atoms with Crippen LogP contribution in [0.25, 0.3) is 11.3 Å². The summed E-state index contributed by atoms with van der Waals surface area (Å²) in [5.41, 5.74) is -0.0209. The largest absolute Gasteiger partial charge is 0.434 e. The average molecular weight is 467 g/mol. The van der Waals surface area contributed by atoms with Crippen LogP contribution in [0.3, 0.4) is 0 Å². The molecule has 0 bridgehead atoms. The van der Waals surface area contributed by atoms with Gasteiger partial charge in [-0.15, -0.1) is 0 Å². The minimum atomic E-state index is -4.32. The van der Waals surface area contributed by atoms with Crippen LogP contribution in [0.2, 0.25) is 5.02 Å². The molecule has 1 aliphatic rings. The molecular formula is C21H24ClF5N2O2. The summed E-state index contributed by atoms with van der Waals surface area (Å²) in [6.07, 6.45) is -4.50. The molecule has 0 unspecified atom stereocenters. The fraction of sp³-hybridized carbons (Fsp3) is 0.571. The van der Waals surface area contributed by atoms with Gasteiger partial charge in [0, 0.05) is 12.1 Å². The molecule has 4 nitrogen and oxygen atoms in total. The number of aromatic nitrogens is 2. The number of nitrogens with zero attached hydrogens (tertiary/aromatic N) is 2. The number of aliphatic hydroxyl groups is 1. The smallest absolute Gasteiger partial charge is 0.391 e. The molecule has 0 saturated heterocycles. The Hall–Kier alpha value is -1.87. The van der Waals surface area contributed by atoms with Crippen LogP contribution in [0.15, 0.2) is 18.2 Å². The van der Waals surface area contributed by atoms with Crippen molar-refractivity contribution in [1.82, 2.24) is 9.78 Å². The Morgan fingerprint density at radius 1 is 1.26 bits per heavy atom. The first kappa shape index (κ1) is 23.8. The van der Waals surface area contributed by atoms with E-state index in [1.54, 1.807) is 4.68 Å². The highest BCUT2D eigenvalue weighted by Crippen LogP contribution is 2.47. The Labute approximate surface area is 182 Å². The minimum Gasteiger partial charge on any atom is -0.434 e. The summed E-state index contributed by atoms with van der Waals surface area (Å²) in [6, 6.07) is 4.29. The van der Waals surface area contributed by atoms with Gasteiger partial charge >= 0.3 is 12.8 Å². The molecule has 0 atom stereocenters. The van der Waals surface area contributed by atoms with E-state index in [9.17, 15) is 27.1 Å². The van der Waals surface area contributed by atoms with Crippen molar-refractivity contribution in [2.24, 2.45) is 5.92 Å². The standard InChI is InChI=1S/C21H24ClF5N2O2/c1-3-15-17(22)18(29(4-2)28-15)14-6-5-13(11-16(14)31-19(23)24)20(30)9-7-12(8-10-20)21(25,26)27/h5-6,11-12,19,30H,3-4,7-10H2,1-2H3. The summed E-state index contributed by atoms with van der Waals surface area (Å²) in [4.78, 5) is 0. The van der Waals surface area contributed by atoms with Crippen molar-refractivity contribution in [3.05, 3.63) is 34.5 Å². The molecule has 2 aromatic rings. The van der Waals surface area contributed by atoms with Crippen LogP contribution in [-0.2, 0) is 18.6 Å². The first-order chi connectivity index (χ1) is 14.5. The minimum absolute atomic E-state index is 0.127. The third-order valence-electron chi connectivity index (χ3n) is 5.86. The summed E-state index contributed by atoms with van der Waals surface area (Å²) < 4.78 is 71.6. The van der Waals surface area contributed by atoms with Crippen molar-refractivity contribution in [2.45, 2.75) is 70.9 Å². The second-order valence-electron chi connectivity index (χ2n) is 7.72. The second-order valence-corrected chi connectivity index (χ2v) is 8.09. The van der Waals surface area contributed by atoms with E-state index in [2.05, 4.69) is 5.10 Å². The summed E-state index contributed by atoms with van der Waals surface area (Å²) in [6.45, 7) is 1.00. The van der Waals surface area contributed by atoms with Gasteiger partial charge in [-0.05, 0) is 56.7 Å². The molecule has 1 saturated carbocycles. The Morgan fingerprint density at radius 3 is 2.42 bits per heavy atom. The quantitative estimate of drug-likeness (QED) is 0.506. The van der Waals surface area contributed by atoms with Gasteiger partial charge in [-0.3, -0.25) is 4.68 Å². The number of rotatable bonds is 6. The molecule has 0 aliphatic heterocycles. The lowest BCUT2D eigenvalue weighted by Gasteiger charge is -2.37. The summed E-state index contributed by atoms with van der Waals surface area (Å²) in [5, 5.41) is 15.7. The van der Waals surface area contributed by atoms with Gasteiger partial charge < -0.3 is 9.84 Å². The number of halogens is 6. The monoisotopic (exact) mass is 466 g/mol. The molecule has 172 valence electrons. The van der Waals surface area contributed by atoms with E-state index in [0.29, 0.717) is 29.4 Å². The maximum absolute atomic E-state index is 13.2. The van der Waals surface area contributed by atoms with Crippen molar-refractivity contribution in [2.75, 3.05) is 0 Å². The highest BCUT2D eigenvalue weighted by atomic mass is 35.5. The van der Waals surface area contributed by atoms with E-state index >= 15 is 0 Å². The Balaban J connectivity index is 2.02. The van der Waals surface area contributed by atoms with E-state index < -0.39 is 24.3 Å². The molecule has 1 N–H and O–H groups in total. The molecule has 0 spiro atoms. The second kappa shape index (κ2) is 8.94. The third kappa shape index (κ3) is 4.82. The number of benzene rings is 1. The fourth-order valence-corrected chi connectivity index (χ4v) is 4.48. The van der Waals surface area contributed by atoms with Crippen LogP contribution in [-0.4, -0.2) is 27.7 Å². The molecule has 0 radical (unpaired) electrons. The lowest BCUT2D eigenvalue weighted by Crippen LogP contribution is -2.36. The van der Waals surface area contributed by atoms with E-state index in [4.69, 9.17) is 16.3 Å². The first-order valence-corrected chi connectivity index (χ1v) is 10.5. The normalized spacial score (nSPS) is 22.2. The third-order valence-corrected chi connectivity index (χ3v) is 6.26. The Kier molecular flexibility index (Phi) is 6.86. The van der Waals surface area contributed by atoms with Crippen LogP contribution in [0, 0.1) is 5.92 Å². The van der Waals surface area contributed by atoms with E-state index in [1.165, 1.54) is 18.2 Å². The molecule has 1 heterocycles. The summed E-state index contributed by atoms with van der Waals surface area (Å²) in [7, 11) is 0. The molecule has 0 amide bonds. The zero-order chi connectivity index (χ0) is 23.0. The molecule has 1 aromatic carbocycles.